The van der Waals surface area contributed by atoms with Crippen LogP contribution in [0, 0.1) is 0 Å². The predicted molar refractivity (Wildman–Crippen MR) is 82.6 cm³/mol. The van der Waals surface area contributed by atoms with E-state index in [1.54, 1.807) is 0 Å². The number of anilines is 1. The molecule has 6 nitrogen and oxygen atoms in total. The predicted octanol–water partition coefficient (Wildman–Crippen LogP) is 1.24. The van der Waals surface area contributed by atoms with Crippen molar-refractivity contribution in [3.05, 3.63) is 5.89 Å². The lowest BCUT2D eigenvalue weighted by Gasteiger charge is -2.34. The van der Waals surface area contributed by atoms with Crippen LogP contribution >= 0.6 is 0 Å². The monoisotopic (exact) mass is 293 g/mol. The fourth-order valence-electron chi connectivity index (χ4n) is 3.14. The molecule has 2 saturated heterocycles. The number of aryl methyl sites for hydroxylation is 1. The van der Waals surface area contributed by atoms with Crippen LogP contribution in [0.5, 0.6) is 0 Å². The Labute approximate surface area is 127 Å². The Kier molecular flexibility index (Phi) is 5.08. The summed E-state index contributed by atoms with van der Waals surface area (Å²) in [5.41, 5.74) is 0. The Balaban J connectivity index is 1.41. The molecule has 6 heteroatoms. The minimum Gasteiger partial charge on any atom is -0.408 e. The Morgan fingerprint density at radius 3 is 2.24 bits per heavy atom. The molecule has 1 aromatic rings. The van der Waals surface area contributed by atoms with Crippen LogP contribution in [0.2, 0.25) is 0 Å². The molecule has 0 aliphatic carbocycles. The average molecular weight is 293 g/mol. The lowest BCUT2D eigenvalue weighted by atomic mass is 10.3. The Morgan fingerprint density at radius 1 is 0.905 bits per heavy atom. The molecule has 3 heterocycles. The van der Waals surface area contributed by atoms with Gasteiger partial charge < -0.3 is 14.2 Å². The first-order chi connectivity index (χ1) is 10.3. The molecule has 0 aromatic carbocycles. The molecule has 21 heavy (non-hydrogen) atoms. The molecule has 0 atom stereocenters. The third kappa shape index (κ3) is 3.95. The standard InChI is InChI=1S/C15H27N5O/c1-2-5-14-16-17-15(21-14)20-12-10-19(11-13-20)9-8-18-6-3-4-7-18/h2-13H2,1H3. The second kappa shape index (κ2) is 7.22. The van der Waals surface area contributed by atoms with Crippen LogP contribution in [-0.2, 0) is 6.42 Å². The zero-order valence-electron chi connectivity index (χ0n) is 13.1. The van der Waals surface area contributed by atoms with Gasteiger partial charge in [-0.15, -0.1) is 5.10 Å². The van der Waals surface area contributed by atoms with E-state index in [0.29, 0.717) is 6.01 Å². The molecule has 0 amide bonds. The molecule has 0 spiro atoms. The maximum absolute atomic E-state index is 5.72. The summed E-state index contributed by atoms with van der Waals surface area (Å²) >= 11 is 0. The van der Waals surface area contributed by atoms with E-state index in [9.17, 15) is 0 Å². The van der Waals surface area contributed by atoms with E-state index >= 15 is 0 Å². The van der Waals surface area contributed by atoms with Crippen molar-refractivity contribution in [2.45, 2.75) is 32.6 Å². The first-order valence-corrected chi connectivity index (χ1v) is 8.37. The lowest BCUT2D eigenvalue weighted by Crippen LogP contribution is -2.48. The fraction of sp³-hybridized carbons (Fsp3) is 0.867. The number of nitrogens with zero attached hydrogens (tertiary/aromatic N) is 5. The van der Waals surface area contributed by atoms with Crippen molar-refractivity contribution in [3.8, 4) is 0 Å². The second-order valence-electron chi connectivity index (χ2n) is 6.11. The van der Waals surface area contributed by atoms with E-state index in [-0.39, 0.29) is 0 Å². The normalized spacial score (nSPS) is 21.3. The fourth-order valence-corrected chi connectivity index (χ4v) is 3.14. The minimum atomic E-state index is 0.706. The Bertz CT molecular complexity index is 421. The maximum atomic E-state index is 5.72. The SMILES string of the molecule is CCCc1nnc(N2CCN(CCN3CCCC3)CC2)o1. The van der Waals surface area contributed by atoms with Crippen LogP contribution < -0.4 is 4.90 Å². The lowest BCUT2D eigenvalue weighted by molar-refractivity contribution is 0.213. The molecule has 0 radical (unpaired) electrons. The van der Waals surface area contributed by atoms with Gasteiger partial charge in [-0.2, -0.15) is 0 Å². The number of likely N-dealkylation sites (tertiary alicyclic amines) is 1. The molecular formula is C15H27N5O. The van der Waals surface area contributed by atoms with Crippen LogP contribution in [0.25, 0.3) is 0 Å². The van der Waals surface area contributed by atoms with E-state index in [4.69, 9.17) is 4.42 Å². The second-order valence-corrected chi connectivity index (χ2v) is 6.11. The van der Waals surface area contributed by atoms with Crippen LogP contribution in [0.1, 0.15) is 32.1 Å². The summed E-state index contributed by atoms with van der Waals surface area (Å²) < 4.78 is 5.72. The van der Waals surface area contributed by atoms with Gasteiger partial charge in [-0.1, -0.05) is 12.0 Å². The van der Waals surface area contributed by atoms with Crippen molar-refractivity contribution < 1.29 is 4.42 Å². The molecule has 2 fully saturated rings. The van der Waals surface area contributed by atoms with Crippen LogP contribution in [0.15, 0.2) is 4.42 Å². The highest BCUT2D eigenvalue weighted by Crippen LogP contribution is 2.15. The average Bonchev–Trinajstić information content (AvgIpc) is 3.17. The van der Waals surface area contributed by atoms with Gasteiger partial charge in [-0.05, 0) is 32.4 Å². The summed E-state index contributed by atoms with van der Waals surface area (Å²) in [5, 5.41) is 8.29. The molecule has 0 bridgehead atoms. The highest BCUT2D eigenvalue weighted by atomic mass is 16.4. The summed E-state index contributed by atoms with van der Waals surface area (Å²) in [5.74, 6) is 0.768. The van der Waals surface area contributed by atoms with E-state index in [1.807, 2.05) is 0 Å². The van der Waals surface area contributed by atoms with Gasteiger partial charge >= 0.3 is 6.01 Å². The molecule has 0 unspecified atom stereocenters. The number of hydrogen-bond donors (Lipinski definition) is 0. The van der Waals surface area contributed by atoms with Gasteiger partial charge in [0.25, 0.3) is 0 Å². The minimum absolute atomic E-state index is 0.706. The van der Waals surface area contributed by atoms with E-state index < -0.39 is 0 Å². The van der Waals surface area contributed by atoms with Gasteiger partial charge in [0, 0.05) is 45.7 Å². The molecular weight excluding hydrogens is 266 g/mol. The molecule has 118 valence electrons. The van der Waals surface area contributed by atoms with Crippen molar-refractivity contribution in [2.75, 3.05) is 57.3 Å². The summed E-state index contributed by atoms with van der Waals surface area (Å²) in [4.78, 5) is 7.36. The highest BCUT2D eigenvalue weighted by Gasteiger charge is 2.22. The largest absolute Gasteiger partial charge is 0.408 e. The van der Waals surface area contributed by atoms with Gasteiger partial charge in [0.15, 0.2) is 0 Å². The smallest absolute Gasteiger partial charge is 0.318 e. The summed E-state index contributed by atoms with van der Waals surface area (Å²) in [6.07, 6.45) is 4.69. The maximum Gasteiger partial charge on any atom is 0.318 e. The van der Waals surface area contributed by atoms with Gasteiger partial charge in [0.1, 0.15) is 0 Å². The highest BCUT2D eigenvalue weighted by molar-refractivity contribution is 5.25. The van der Waals surface area contributed by atoms with Crippen LogP contribution in [0.4, 0.5) is 6.01 Å². The number of piperazine rings is 1. The third-order valence-electron chi connectivity index (χ3n) is 4.49. The van der Waals surface area contributed by atoms with Crippen LogP contribution in [-0.4, -0.2) is 72.4 Å². The van der Waals surface area contributed by atoms with Crippen molar-refractivity contribution in [2.24, 2.45) is 0 Å². The first kappa shape index (κ1) is 14.8. The topological polar surface area (TPSA) is 48.6 Å². The Hall–Kier alpha value is -1.14. The number of aromatic nitrogens is 2. The molecule has 3 rings (SSSR count). The van der Waals surface area contributed by atoms with Crippen molar-refractivity contribution in [3.63, 3.8) is 0 Å². The Morgan fingerprint density at radius 2 is 1.57 bits per heavy atom. The van der Waals surface area contributed by atoms with Gasteiger partial charge in [-0.25, -0.2) is 0 Å². The summed E-state index contributed by atoms with van der Waals surface area (Å²) in [6.45, 7) is 11.3. The number of hydrogen-bond acceptors (Lipinski definition) is 6. The van der Waals surface area contributed by atoms with Crippen molar-refractivity contribution >= 4 is 6.01 Å². The summed E-state index contributed by atoms with van der Waals surface area (Å²) in [6, 6.07) is 0.706. The molecule has 2 aliphatic rings. The van der Waals surface area contributed by atoms with Gasteiger partial charge in [-0.3, -0.25) is 4.90 Å². The molecule has 0 saturated carbocycles. The first-order valence-electron chi connectivity index (χ1n) is 8.37. The van der Waals surface area contributed by atoms with Gasteiger partial charge in [0.2, 0.25) is 5.89 Å². The van der Waals surface area contributed by atoms with Gasteiger partial charge in [0.05, 0.1) is 0 Å². The van der Waals surface area contributed by atoms with E-state index in [1.165, 1.54) is 39.0 Å². The van der Waals surface area contributed by atoms with Crippen LogP contribution in [0.3, 0.4) is 0 Å². The van der Waals surface area contributed by atoms with Crippen molar-refractivity contribution in [1.82, 2.24) is 20.0 Å². The quantitative estimate of drug-likeness (QED) is 0.786. The van der Waals surface area contributed by atoms with E-state index in [0.717, 1.165) is 44.9 Å². The van der Waals surface area contributed by atoms with Crippen molar-refractivity contribution in [1.29, 1.82) is 0 Å². The summed E-state index contributed by atoms with van der Waals surface area (Å²) in [7, 11) is 0. The van der Waals surface area contributed by atoms with E-state index in [2.05, 4.69) is 31.8 Å². The zero-order chi connectivity index (χ0) is 14.5. The zero-order valence-corrected chi connectivity index (χ0v) is 13.1. The molecule has 2 aliphatic heterocycles. The molecule has 0 N–H and O–H groups in total. The third-order valence-corrected chi connectivity index (χ3v) is 4.49. The number of rotatable bonds is 6. The molecule has 1 aromatic heterocycles.